The van der Waals surface area contributed by atoms with Gasteiger partial charge in [-0.05, 0) is 37.3 Å². The number of rotatable bonds is 1. The first kappa shape index (κ1) is 12.6. The highest BCUT2D eigenvalue weighted by Gasteiger charge is 2.02. The number of ketones is 1. The molecule has 0 aliphatic heterocycles. The third-order valence-electron chi connectivity index (χ3n) is 2.66. The van der Waals surface area contributed by atoms with Gasteiger partial charge in [0.25, 0.3) is 0 Å². The number of nitrogens with zero attached hydrogens (tertiary/aromatic N) is 1. The zero-order valence-electron chi connectivity index (χ0n) is 10.5. The van der Waals surface area contributed by atoms with Crippen molar-refractivity contribution in [3.63, 3.8) is 0 Å². The van der Waals surface area contributed by atoms with Gasteiger partial charge in [-0.1, -0.05) is 30.0 Å². The van der Waals surface area contributed by atoms with Crippen LogP contribution in [0.2, 0.25) is 0 Å². The van der Waals surface area contributed by atoms with E-state index in [0.717, 1.165) is 11.1 Å². The molecular formula is C17H11NO. The predicted molar refractivity (Wildman–Crippen MR) is 73.6 cm³/mol. The second kappa shape index (κ2) is 5.67. The zero-order valence-corrected chi connectivity index (χ0v) is 10.5. The quantitative estimate of drug-likeness (QED) is 0.572. The molecule has 0 aliphatic rings. The lowest BCUT2D eigenvalue weighted by Crippen LogP contribution is -1.95. The summed E-state index contributed by atoms with van der Waals surface area (Å²) >= 11 is 0. The van der Waals surface area contributed by atoms with Crippen molar-refractivity contribution in [2.45, 2.75) is 6.92 Å². The van der Waals surface area contributed by atoms with Crippen LogP contribution in [-0.4, -0.2) is 5.78 Å². The molecule has 90 valence electrons. The van der Waals surface area contributed by atoms with Crippen LogP contribution >= 0.6 is 0 Å². The Morgan fingerprint density at radius 1 is 0.947 bits per heavy atom. The Morgan fingerprint density at radius 2 is 1.58 bits per heavy atom. The minimum absolute atomic E-state index is 0.00438. The lowest BCUT2D eigenvalue weighted by Gasteiger charge is -1.98. The van der Waals surface area contributed by atoms with Gasteiger partial charge in [0, 0.05) is 16.7 Å². The highest BCUT2D eigenvalue weighted by Crippen LogP contribution is 2.08. The van der Waals surface area contributed by atoms with Gasteiger partial charge in [-0.25, -0.2) is 0 Å². The van der Waals surface area contributed by atoms with E-state index in [1.54, 1.807) is 30.3 Å². The van der Waals surface area contributed by atoms with Crippen LogP contribution in [0.15, 0.2) is 48.5 Å². The average Bonchev–Trinajstić information content (AvgIpc) is 2.46. The maximum atomic E-state index is 11.5. The standard InChI is InChI=1S/C17H11NO/c1-13(19)17-5-3-2-4-16(17)11-10-14-6-8-15(12-18)9-7-14/h2-9H,1H3. The number of carbonyl (C=O) groups excluding carboxylic acids is 1. The fraction of sp³-hybridized carbons (Fsp3) is 0.0588. The maximum Gasteiger partial charge on any atom is 0.161 e. The van der Waals surface area contributed by atoms with Gasteiger partial charge in [-0.15, -0.1) is 0 Å². The first-order valence-electron chi connectivity index (χ1n) is 5.83. The number of hydrogen-bond donors (Lipinski definition) is 0. The topological polar surface area (TPSA) is 40.9 Å². The zero-order chi connectivity index (χ0) is 13.7. The molecule has 0 aromatic heterocycles. The summed E-state index contributed by atoms with van der Waals surface area (Å²) in [6, 6.07) is 16.4. The third kappa shape index (κ3) is 3.09. The van der Waals surface area contributed by atoms with Crippen molar-refractivity contribution < 1.29 is 4.79 Å². The molecule has 0 heterocycles. The van der Waals surface area contributed by atoms with Crippen LogP contribution in [0.3, 0.4) is 0 Å². The Balaban J connectivity index is 2.34. The van der Waals surface area contributed by atoms with Crippen molar-refractivity contribution in [3.05, 3.63) is 70.8 Å². The Hall–Kier alpha value is -2.84. The molecule has 0 N–H and O–H groups in total. The molecule has 2 aromatic carbocycles. The van der Waals surface area contributed by atoms with Crippen LogP contribution in [-0.2, 0) is 0 Å². The first-order chi connectivity index (χ1) is 9.20. The van der Waals surface area contributed by atoms with Crippen molar-refractivity contribution >= 4 is 5.78 Å². The number of carbonyl (C=O) groups is 1. The molecule has 0 unspecified atom stereocenters. The Morgan fingerprint density at radius 3 is 2.21 bits per heavy atom. The van der Waals surface area contributed by atoms with Crippen molar-refractivity contribution in [1.29, 1.82) is 5.26 Å². The van der Waals surface area contributed by atoms with Crippen LogP contribution in [0.1, 0.15) is 34.0 Å². The summed E-state index contributed by atoms with van der Waals surface area (Å²) in [5.74, 6) is 5.99. The fourth-order valence-corrected chi connectivity index (χ4v) is 1.67. The van der Waals surface area contributed by atoms with Crippen LogP contribution in [0.4, 0.5) is 0 Å². The summed E-state index contributed by atoms with van der Waals surface area (Å²) in [7, 11) is 0. The van der Waals surface area contributed by atoms with Gasteiger partial charge < -0.3 is 0 Å². The molecule has 0 saturated heterocycles. The van der Waals surface area contributed by atoms with E-state index in [9.17, 15) is 4.79 Å². The molecule has 0 atom stereocenters. The monoisotopic (exact) mass is 245 g/mol. The summed E-state index contributed by atoms with van der Waals surface area (Å²) in [6.07, 6.45) is 0. The lowest BCUT2D eigenvalue weighted by molar-refractivity contribution is 0.101. The van der Waals surface area contributed by atoms with E-state index in [2.05, 4.69) is 17.9 Å². The molecule has 0 saturated carbocycles. The van der Waals surface area contributed by atoms with E-state index in [4.69, 9.17) is 5.26 Å². The second-order valence-corrected chi connectivity index (χ2v) is 4.04. The molecule has 2 rings (SSSR count). The average molecular weight is 245 g/mol. The Kier molecular flexibility index (Phi) is 3.76. The van der Waals surface area contributed by atoms with Gasteiger partial charge in [-0.2, -0.15) is 5.26 Å². The highest BCUT2D eigenvalue weighted by atomic mass is 16.1. The van der Waals surface area contributed by atoms with Gasteiger partial charge in [0.2, 0.25) is 0 Å². The molecule has 19 heavy (non-hydrogen) atoms. The number of benzene rings is 2. The molecule has 0 radical (unpaired) electrons. The van der Waals surface area contributed by atoms with Gasteiger partial charge in [-0.3, -0.25) is 4.79 Å². The van der Waals surface area contributed by atoms with E-state index in [1.165, 1.54) is 6.92 Å². The van der Waals surface area contributed by atoms with Gasteiger partial charge in [0.1, 0.15) is 0 Å². The second-order valence-electron chi connectivity index (χ2n) is 4.04. The SMILES string of the molecule is CC(=O)c1ccccc1C#Cc1ccc(C#N)cc1. The highest BCUT2D eigenvalue weighted by molar-refractivity contribution is 5.96. The number of Topliss-reactive ketones (excluding diaryl/α,β-unsaturated/α-hetero) is 1. The normalized spacial score (nSPS) is 9.05. The molecule has 0 amide bonds. The van der Waals surface area contributed by atoms with Crippen LogP contribution < -0.4 is 0 Å². The summed E-state index contributed by atoms with van der Waals surface area (Å²) in [4.78, 5) is 11.5. The summed E-state index contributed by atoms with van der Waals surface area (Å²) in [5, 5.41) is 8.71. The summed E-state index contributed by atoms with van der Waals surface area (Å²) in [5.41, 5.74) is 2.77. The van der Waals surface area contributed by atoms with Crippen molar-refractivity contribution in [1.82, 2.24) is 0 Å². The van der Waals surface area contributed by atoms with Crippen LogP contribution in [0.5, 0.6) is 0 Å². The van der Waals surface area contributed by atoms with E-state index >= 15 is 0 Å². The molecule has 2 heteroatoms. The molecule has 2 nitrogen and oxygen atoms in total. The van der Waals surface area contributed by atoms with E-state index in [-0.39, 0.29) is 5.78 Å². The fourth-order valence-electron chi connectivity index (χ4n) is 1.67. The molecular weight excluding hydrogens is 234 g/mol. The number of nitriles is 1. The molecule has 0 fully saturated rings. The van der Waals surface area contributed by atoms with E-state index < -0.39 is 0 Å². The van der Waals surface area contributed by atoms with Crippen LogP contribution in [0.25, 0.3) is 0 Å². The summed E-state index contributed by atoms with van der Waals surface area (Å²) in [6.45, 7) is 1.53. The van der Waals surface area contributed by atoms with Crippen molar-refractivity contribution in [2.24, 2.45) is 0 Å². The van der Waals surface area contributed by atoms with Gasteiger partial charge in [0.05, 0.1) is 11.6 Å². The summed E-state index contributed by atoms with van der Waals surface area (Å²) < 4.78 is 0. The molecule has 0 bridgehead atoms. The molecule has 2 aromatic rings. The van der Waals surface area contributed by atoms with E-state index in [0.29, 0.717) is 11.1 Å². The number of hydrogen-bond acceptors (Lipinski definition) is 2. The maximum absolute atomic E-state index is 11.5. The lowest BCUT2D eigenvalue weighted by atomic mass is 10.0. The Bertz CT molecular complexity index is 709. The predicted octanol–water partition coefficient (Wildman–Crippen LogP) is 3.16. The van der Waals surface area contributed by atoms with Gasteiger partial charge >= 0.3 is 0 Å². The van der Waals surface area contributed by atoms with Crippen molar-refractivity contribution in [3.8, 4) is 17.9 Å². The minimum Gasteiger partial charge on any atom is -0.294 e. The van der Waals surface area contributed by atoms with Crippen molar-refractivity contribution in [2.75, 3.05) is 0 Å². The smallest absolute Gasteiger partial charge is 0.161 e. The first-order valence-corrected chi connectivity index (χ1v) is 5.83. The largest absolute Gasteiger partial charge is 0.294 e. The van der Waals surface area contributed by atoms with Crippen LogP contribution in [0, 0.1) is 23.2 Å². The Labute approximate surface area is 112 Å². The molecule has 0 spiro atoms. The minimum atomic E-state index is 0.00438. The third-order valence-corrected chi connectivity index (χ3v) is 2.66. The van der Waals surface area contributed by atoms with Gasteiger partial charge in [0.15, 0.2) is 5.78 Å². The van der Waals surface area contributed by atoms with E-state index in [1.807, 2.05) is 18.2 Å². The molecule has 0 aliphatic carbocycles.